The molecule has 2 amide bonds. The third-order valence-corrected chi connectivity index (χ3v) is 6.53. The maximum absolute atomic E-state index is 13.1. The monoisotopic (exact) mass is 544 g/mol. The van der Waals surface area contributed by atoms with Crippen LogP contribution in [0.25, 0.3) is 0 Å². The highest BCUT2D eigenvalue weighted by molar-refractivity contribution is 9.10. The van der Waals surface area contributed by atoms with E-state index in [0.717, 1.165) is 15.6 Å². The van der Waals surface area contributed by atoms with Crippen LogP contribution in [-0.4, -0.2) is 34.0 Å². The van der Waals surface area contributed by atoms with Gasteiger partial charge in [-0.15, -0.1) is 11.8 Å². The standard InChI is InChI=1S/C23H27BrCl2N2O2S/c1-15(22(30)27-23(2,3)4)28(12-17-7-10-19(25)11-20(17)26)21(29)14-31-13-16-5-8-18(24)9-6-16/h5-11,15H,12-14H2,1-4H3,(H,27,30). The first kappa shape index (κ1) is 26.0. The van der Waals surface area contributed by atoms with Crippen molar-refractivity contribution in [2.45, 2.75) is 51.6 Å². The van der Waals surface area contributed by atoms with Gasteiger partial charge in [-0.05, 0) is 63.1 Å². The molecule has 1 N–H and O–H groups in total. The number of carbonyl (C=O) groups excluding carboxylic acids is 2. The van der Waals surface area contributed by atoms with Crippen LogP contribution >= 0.6 is 50.9 Å². The molecule has 2 rings (SSSR count). The van der Waals surface area contributed by atoms with Crippen molar-refractivity contribution in [1.82, 2.24) is 10.2 Å². The van der Waals surface area contributed by atoms with Gasteiger partial charge in [-0.3, -0.25) is 9.59 Å². The van der Waals surface area contributed by atoms with E-state index in [1.807, 2.05) is 45.0 Å². The highest BCUT2D eigenvalue weighted by atomic mass is 79.9. The molecule has 1 atom stereocenters. The Morgan fingerprint density at radius 2 is 1.77 bits per heavy atom. The summed E-state index contributed by atoms with van der Waals surface area (Å²) in [6, 6.07) is 12.5. The lowest BCUT2D eigenvalue weighted by Gasteiger charge is -2.31. The van der Waals surface area contributed by atoms with Crippen molar-refractivity contribution < 1.29 is 9.59 Å². The summed E-state index contributed by atoms with van der Waals surface area (Å²) in [5.41, 5.74) is 1.48. The Morgan fingerprint density at radius 1 is 1.13 bits per heavy atom. The fraction of sp³-hybridized carbons (Fsp3) is 0.391. The molecule has 0 saturated carbocycles. The van der Waals surface area contributed by atoms with E-state index in [1.54, 1.807) is 30.0 Å². The number of rotatable bonds is 8. The van der Waals surface area contributed by atoms with Crippen LogP contribution in [0.15, 0.2) is 46.9 Å². The third-order valence-electron chi connectivity index (χ3n) is 4.43. The summed E-state index contributed by atoms with van der Waals surface area (Å²) < 4.78 is 1.02. The number of hydrogen-bond acceptors (Lipinski definition) is 3. The number of carbonyl (C=O) groups is 2. The Morgan fingerprint density at radius 3 is 2.35 bits per heavy atom. The second-order valence-electron chi connectivity index (χ2n) is 8.29. The molecular weight excluding hydrogens is 519 g/mol. The molecule has 0 aliphatic rings. The van der Waals surface area contributed by atoms with Gasteiger partial charge in [0.15, 0.2) is 0 Å². The van der Waals surface area contributed by atoms with Gasteiger partial charge in [0.2, 0.25) is 11.8 Å². The summed E-state index contributed by atoms with van der Waals surface area (Å²) in [5, 5.41) is 3.94. The van der Waals surface area contributed by atoms with E-state index in [2.05, 4.69) is 21.2 Å². The maximum Gasteiger partial charge on any atom is 0.242 e. The number of halogens is 3. The first-order chi connectivity index (χ1) is 14.5. The molecule has 8 heteroatoms. The van der Waals surface area contributed by atoms with Crippen LogP contribution in [-0.2, 0) is 21.9 Å². The Labute approximate surface area is 207 Å². The molecule has 0 aliphatic carbocycles. The summed E-state index contributed by atoms with van der Waals surface area (Å²) in [6.07, 6.45) is 0. The van der Waals surface area contributed by atoms with Crippen molar-refractivity contribution in [2.24, 2.45) is 0 Å². The molecule has 1 unspecified atom stereocenters. The quantitative estimate of drug-likeness (QED) is 0.422. The predicted molar refractivity (Wildman–Crippen MR) is 135 cm³/mol. The fourth-order valence-corrected chi connectivity index (χ4v) is 4.41. The zero-order valence-corrected chi connectivity index (χ0v) is 22.0. The lowest BCUT2D eigenvalue weighted by Crippen LogP contribution is -2.52. The van der Waals surface area contributed by atoms with Gasteiger partial charge in [-0.1, -0.05) is 57.3 Å². The van der Waals surface area contributed by atoms with Gasteiger partial charge in [0.25, 0.3) is 0 Å². The Balaban J connectivity index is 2.13. The van der Waals surface area contributed by atoms with E-state index < -0.39 is 11.6 Å². The van der Waals surface area contributed by atoms with Crippen molar-refractivity contribution in [3.8, 4) is 0 Å². The second-order valence-corrected chi connectivity index (χ2v) is 11.0. The average molecular weight is 546 g/mol. The molecular formula is C23H27BrCl2N2O2S. The van der Waals surface area contributed by atoms with Crippen LogP contribution in [0.4, 0.5) is 0 Å². The summed E-state index contributed by atoms with van der Waals surface area (Å²) >= 11 is 17.3. The molecule has 0 saturated heterocycles. The van der Waals surface area contributed by atoms with E-state index in [1.165, 1.54) is 11.8 Å². The van der Waals surface area contributed by atoms with E-state index >= 15 is 0 Å². The minimum Gasteiger partial charge on any atom is -0.350 e. The average Bonchev–Trinajstić information content (AvgIpc) is 2.67. The highest BCUT2D eigenvalue weighted by Gasteiger charge is 2.28. The zero-order valence-electron chi connectivity index (χ0n) is 18.0. The minimum atomic E-state index is -0.647. The molecule has 4 nitrogen and oxygen atoms in total. The molecule has 168 valence electrons. The van der Waals surface area contributed by atoms with Gasteiger partial charge >= 0.3 is 0 Å². The lowest BCUT2D eigenvalue weighted by atomic mass is 10.1. The van der Waals surface area contributed by atoms with Crippen LogP contribution in [0.2, 0.25) is 10.0 Å². The van der Waals surface area contributed by atoms with Crippen LogP contribution < -0.4 is 5.32 Å². The largest absolute Gasteiger partial charge is 0.350 e. The molecule has 2 aromatic rings. The van der Waals surface area contributed by atoms with Gasteiger partial charge in [0, 0.05) is 32.4 Å². The first-order valence-electron chi connectivity index (χ1n) is 9.84. The first-order valence-corrected chi connectivity index (χ1v) is 12.5. The molecule has 0 aliphatic heterocycles. The van der Waals surface area contributed by atoms with Crippen molar-refractivity contribution in [3.05, 3.63) is 68.1 Å². The minimum absolute atomic E-state index is 0.121. The Bertz CT molecular complexity index is 917. The molecule has 31 heavy (non-hydrogen) atoms. The van der Waals surface area contributed by atoms with Crippen LogP contribution in [0.5, 0.6) is 0 Å². The van der Waals surface area contributed by atoms with Gasteiger partial charge in [-0.25, -0.2) is 0 Å². The molecule has 0 spiro atoms. The molecule has 0 bridgehead atoms. The van der Waals surface area contributed by atoms with Crippen molar-refractivity contribution in [1.29, 1.82) is 0 Å². The van der Waals surface area contributed by atoms with E-state index in [4.69, 9.17) is 23.2 Å². The number of hydrogen-bond donors (Lipinski definition) is 1. The van der Waals surface area contributed by atoms with Gasteiger partial charge in [0.1, 0.15) is 6.04 Å². The maximum atomic E-state index is 13.1. The molecule has 0 aromatic heterocycles. The van der Waals surface area contributed by atoms with Gasteiger partial charge in [-0.2, -0.15) is 0 Å². The number of benzene rings is 2. The smallest absolute Gasteiger partial charge is 0.242 e. The predicted octanol–water partition coefficient (Wildman–Crippen LogP) is 6.32. The normalized spacial score (nSPS) is 12.4. The molecule has 0 radical (unpaired) electrons. The highest BCUT2D eigenvalue weighted by Crippen LogP contribution is 2.24. The Hall–Kier alpha value is -1.21. The topological polar surface area (TPSA) is 49.4 Å². The van der Waals surface area contributed by atoms with Crippen molar-refractivity contribution >= 4 is 62.7 Å². The van der Waals surface area contributed by atoms with Crippen LogP contribution in [0.3, 0.4) is 0 Å². The molecule has 0 fully saturated rings. The van der Waals surface area contributed by atoms with E-state index in [9.17, 15) is 9.59 Å². The number of amides is 2. The molecule has 2 aromatic carbocycles. The van der Waals surface area contributed by atoms with Crippen LogP contribution in [0, 0.1) is 0 Å². The zero-order chi connectivity index (χ0) is 23.2. The van der Waals surface area contributed by atoms with Crippen molar-refractivity contribution in [2.75, 3.05) is 5.75 Å². The lowest BCUT2D eigenvalue weighted by molar-refractivity contribution is -0.139. The summed E-state index contributed by atoms with van der Waals surface area (Å²) in [5.74, 6) is 0.638. The number of nitrogens with one attached hydrogen (secondary N) is 1. The number of nitrogens with zero attached hydrogens (tertiary/aromatic N) is 1. The SMILES string of the molecule is CC(C(=O)NC(C)(C)C)N(Cc1ccc(Cl)cc1Cl)C(=O)CSCc1ccc(Br)cc1. The van der Waals surface area contributed by atoms with Crippen molar-refractivity contribution in [3.63, 3.8) is 0 Å². The van der Waals surface area contributed by atoms with Gasteiger partial charge in [0.05, 0.1) is 5.75 Å². The van der Waals surface area contributed by atoms with Gasteiger partial charge < -0.3 is 10.2 Å². The Kier molecular flexibility index (Phi) is 9.74. The summed E-state index contributed by atoms with van der Waals surface area (Å²) in [7, 11) is 0. The van der Waals surface area contributed by atoms with Crippen LogP contribution in [0.1, 0.15) is 38.8 Å². The van der Waals surface area contributed by atoms with E-state index in [0.29, 0.717) is 15.8 Å². The number of thioether (sulfide) groups is 1. The summed E-state index contributed by atoms with van der Waals surface area (Å²) in [6.45, 7) is 7.70. The molecule has 0 heterocycles. The third kappa shape index (κ3) is 8.68. The second kappa shape index (κ2) is 11.6. The fourth-order valence-electron chi connectivity index (χ4n) is 2.81. The summed E-state index contributed by atoms with van der Waals surface area (Å²) in [4.78, 5) is 27.5. The van der Waals surface area contributed by atoms with E-state index in [-0.39, 0.29) is 24.1 Å².